The highest BCUT2D eigenvalue weighted by molar-refractivity contribution is 9.09. The molecule has 0 spiro atoms. The molecule has 1 atom stereocenters. The van der Waals surface area contributed by atoms with E-state index in [1.54, 1.807) is 6.07 Å². The lowest BCUT2D eigenvalue weighted by Crippen LogP contribution is -1.93. The van der Waals surface area contributed by atoms with Gasteiger partial charge in [-0.05, 0) is 28.1 Å². The van der Waals surface area contributed by atoms with Gasteiger partial charge in [0.05, 0.1) is 11.1 Å². The molecule has 0 unspecified atom stereocenters. The number of carbonyl (C=O) groups is 1. The Morgan fingerprint density at radius 3 is 2.92 bits per heavy atom. The smallest absolute Gasteiger partial charge is 0.340 e. The maximum absolute atomic E-state index is 13.1. The predicted molar refractivity (Wildman–Crippen MR) is 43.5 cm³/mol. The monoisotopic (exact) mass is 230 g/mol. The number of halogens is 2. The van der Waals surface area contributed by atoms with Gasteiger partial charge in [-0.25, -0.2) is 9.18 Å². The fraction of sp³-hybridized carbons (Fsp3) is 0.125. The van der Waals surface area contributed by atoms with Crippen LogP contribution in [0.3, 0.4) is 0 Å². The number of alkyl halides is 1. The second-order valence-corrected chi connectivity index (χ2v) is 3.25. The van der Waals surface area contributed by atoms with E-state index in [-0.39, 0.29) is 0 Å². The normalized spacial score (nSPS) is 20.5. The van der Waals surface area contributed by atoms with E-state index in [0.717, 1.165) is 0 Å². The van der Waals surface area contributed by atoms with Crippen molar-refractivity contribution in [3.8, 4) is 0 Å². The zero-order chi connectivity index (χ0) is 8.72. The average Bonchev–Trinajstić information content (AvgIpc) is 2.29. The van der Waals surface area contributed by atoms with E-state index in [2.05, 4.69) is 15.9 Å². The van der Waals surface area contributed by atoms with Crippen molar-refractivity contribution in [3.63, 3.8) is 0 Å². The van der Waals surface area contributed by atoms with Crippen LogP contribution in [0.4, 0.5) is 4.39 Å². The molecule has 4 heteroatoms. The van der Waals surface area contributed by atoms with Crippen molar-refractivity contribution < 1.29 is 13.9 Å². The molecule has 12 heavy (non-hydrogen) atoms. The Morgan fingerprint density at radius 1 is 1.50 bits per heavy atom. The van der Waals surface area contributed by atoms with Gasteiger partial charge in [-0.2, -0.15) is 0 Å². The van der Waals surface area contributed by atoms with Gasteiger partial charge in [-0.15, -0.1) is 0 Å². The summed E-state index contributed by atoms with van der Waals surface area (Å²) in [5, 5.41) is -0.638. The summed E-state index contributed by atoms with van der Waals surface area (Å²) in [6, 6.07) is 4.33. The number of esters is 1. The summed E-state index contributed by atoms with van der Waals surface area (Å²) < 4.78 is 17.8. The quantitative estimate of drug-likeness (QED) is 0.506. The third-order valence-corrected chi connectivity index (χ3v) is 2.36. The lowest BCUT2D eigenvalue weighted by atomic mass is 10.1. The van der Waals surface area contributed by atoms with Crippen LogP contribution in [0.5, 0.6) is 0 Å². The summed E-state index contributed by atoms with van der Waals surface area (Å²) in [6.45, 7) is 0. The van der Waals surface area contributed by atoms with Gasteiger partial charge in [0.15, 0.2) is 5.01 Å². The first-order chi connectivity index (χ1) is 5.70. The molecular weight excluding hydrogens is 227 g/mol. The summed E-state index contributed by atoms with van der Waals surface area (Å²) in [5.74, 6) is -0.897. The van der Waals surface area contributed by atoms with Crippen molar-refractivity contribution >= 4 is 21.9 Å². The molecule has 0 N–H and O–H groups in total. The lowest BCUT2D eigenvalue weighted by Gasteiger charge is -2.00. The van der Waals surface area contributed by atoms with Crippen LogP contribution in [0, 0.1) is 5.82 Å². The summed E-state index contributed by atoms with van der Waals surface area (Å²) in [5.41, 5.74) is 0.597. The van der Waals surface area contributed by atoms with Crippen molar-refractivity contribution in [2.24, 2.45) is 0 Å². The average molecular weight is 231 g/mol. The number of carbonyl (C=O) groups excluding carboxylic acids is 1. The number of benzene rings is 1. The minimum absolute atomic E-state index is 0.294. The van der Waals surface area contributed by atoms with Crippen molar-refractivity contribution in [2.75, 3.05) is 0 Å². The Balaban J connectivity index is 2.67. The van der Waals surface area contributed by atoms with Crippen LogP contribution >= 0.6 is 15.9 Å². The van der Waals surface area contributed by atoms with Crippen molar-refractivity contribution in [1.29, 1.82) is 0 Å². The Bertz CT molecular complexity index is 351. The predicted octanol–water partition coefficient (Wildman–Crippen LogP) is 2.39. The van der Waals surface area contributed by atoms with E-state index >= 15 is 0 Å². The molecule has 0 saturated heterocycles. The van der Waals surface area contributed by atoms with Crippen molar-refractivity contribution in [1.82, 2.24) is 0 Å². The largest absolute Gasteiger partial charge is 0.442 e. The molecule has 1 heterocycles. The maximum Gasteiger partial charge on any atom is 0.340 e. The standard InChI is InChI=1S/C8H4BrFO2/c9-7-6-4(8(11)12-7)2-1-3-5(6)10/h1-3,7H/t7-/m0/s1. The van der Waals surface area contributed by atoms with Gasteiger partial charge in [0, 0.05) is 0 Å². The molecule has 2 nitrogen and oxygen atoms in total. The van der Waals surface area contributed by atoms with Gasteiger partial charge in [0.25, 0.3) is 0 Å². The molecule has 62 valence electrons. The van der Waals surface area contributed by atoms with E-state index in [1.165, 1.54) is 12.1 Å². The summed E-state index contributed by atoms with van der Waals surface area (Å²) >= 11 is 3.05. The molecule has 0 bridgehead atoms. The first kappa shape index (κ1) is 7.73. The van der Waals surface area contributed by atoms with E-state index in [4.69, 9.17) is 4.74 Å². The molecule has 1 aromatic rings. The molecule has 0 radical (unpaired) electrons. The zero-order valence-corrected chi connectivity index (χ0v) is 7.47. The molecule has 0 fully saturated rings. The second-order valence-electron chi connectivity index (χ2n) is 2.42. The summed E-state index contributed by atoms with van der Waals surface area (Å²) in [7, 11) is 0. The van der Waals surface area contributed by atoms with E-state index < -0.39 is 16.8 Å². The highest BCUT2D eigenvalue weighted by Gasteiger charge is 2.31. The van der Waals surface area contributed by atoms with Crippen LogP contribution in [0.25, 0.3) is 0 Å². The number of fused-ring (bicyclic) bond motifs is 1. The van der Waals surface area contributed by atoms with Crippen LogP contribution in [-0.2, 0) is 4.74 Å². The fourth-order valence-electron chi connectivity index (χ4n) is 1.16. The highest BCUT2D eigenvalue weighted by atomic mass is 79.9. The number of hydrogen-bond acceptors (Lipinski definition) is 2. The van der Waals surface area contributed by atoms with Gasteiger partial charge >= 0.3 is 5.97 Å². The topological polar surface area (TPSA) is 26.3 Å². The Morgan fingerprint density at radius 2 is 2.25 bits per heavy atom. The lowest BCUT2D eigenvalue weighted by molar-refractivity contribution is 0.0529. The van der Waals surface area contributed by atoms with Crippen LogP contribution in [0.2, 0.25) is 0 Å². The number of ether oxygens (including phenoxy) is 1. The van der Waals surface area contributed by atoms with Crippen LogP contribution < -0.4 is 0 Å². The maximum atomic E-state index is 13.1. The van der Waals surface area contributed by atoms with Crippen LogP contribution in [0.15, 0.2) is 18.2 Å². The van der Waals surface area contributed by atoms with E-state index in [1.807, 2.05) is 0 Å². The van der Waals surface area contributed by atoms with Crippen LogP contribution in [-0.4, -0.2) is 5.97 Å². The van der Waals surface area contributed by atoms with E-state index in [9.17, 15) is 9.18 Å². The molecule has 1 aliphatic rings. The molecular formula is C8H4BrFO2. The van der Waals surface area contributed by atoms with Crippen molar-refractivity contribution in [3.05, 3.63) is 35.1 Å². The third kappa shape index (κ3) is 0.948. The molecule has 0 aromatic heterocycles. The number of hydrogen-bond donors (Lipinski definition) is 0. The van der Waals surface area contributed by atoms with Gasteiger partial charge < -0.3 is 4.74 Å². The summed E-state index contributed by atoms with van der Waals surface area (Å²) in [4.78, 5) is 11.0. The van der Waals surface area contributed by atoms with Crippen molar-refractivity contribution in [2.45, 2.75) is 5.01 Å². The first-order valence-electron chi connectivity index (χ1n) is 3.33. The summed E-state index contributed by atoms with van der Waals surface area (Å²) in [6.07, 6.45) is 0. The molecule has 0 aliphatic carbocycles. The third-order valence-electron chi connectivity index (χ3n) is 1.71. The van der Waals surface area contributed by atoms with Gasteiger partial charge in [-0.3, -0.25) is 0 Å². The Labute approximate surface area is 76.5 Å². The second kappa shape index (κ2) is 2.55. The molecule has 0 saturated carbocycles. The number of cyclic esters (lactones) is 1. The molecule has 1 aliphatic heterocycles. The number of rotatable bonds is 0. The minimum atomic E-state index is -0.638. The minimum Gasteiger partial charge on any atom is -0.442 e. The Hall–Kier alpha value is -0.900. The first-order valence-corrected chi connectivity index (χ1v) is 4.25. The molecule has 2 rings (SSSR count). The van der Waals surface area contributed by atoms with Gasteiger partial charge in [0.1, 0.15) is 5.82 Å². The van der Waals surface area contributed by atoms with E-state index in [0.29, 0.717) is 11.1 Å². The van der Waals surface area contributed by atoms with Gasteiger partial charge in [0.2, 0.25) is 0 Å². The Kier molecular flexibility index (Phi) is 1.65. The SMILES string of the molecule is O=C1O[C@H](Br)c2c(F)cccc21. The van der Waals surface area contributed by atoms with Crippen LogP contribution in [0.1, 0.15) is 20.9 Å². The zero-order valence-electron chi connectivity index (χ0n) is 5.88. The van der Waals surface area contributed by atoms with Gasteiger partial charge in [-0.1, -0.05) is 6.07 Å². The highest BCUT2D eigenvalue weighted by Crippen LogP contribution is 2.36. The molecule has 1 aromatic carbocycles. The molecule has 0 amide bonds. The fourth-order valence-corrected chi connectivity index (χ4v) is 1.80.